The quantitative estimate of drug-likeness (QED) is 0.367. The van der Waals surface area contributed by atoms with Crippen molar-refractivity contribution < 1.29 is 17.9 Å². The Morgan fingerprint density at radius 2 is 1.40 bits per heavy atom. The van der Waals surface area contributed by atoms with Gasteiger partial charge in [-0.15, -0.1) is 0 Å². The van der Waals surface area contributed by atoms with Gasteiger partial charge in [0.2, 0.25) is 6.41 Å². The van der Waals surface area contributed by atoms with Crippen LogP contribution in [0.3, 0.4) is 0 Å². The fraction of sp³-hybridized carbons (Fsp3) is 0.632. The van der Waals surface area contributed by atoms with Gasteiger partial charge >= 0.3 is 0 Å². The molecular weight excluding hydrogens is 338 g/mol. The lowest BCUT2D eigenvalue weighted by atomic mass is 10.1. The summed E-state index contributed by atoms with van der Waals surface area (Å²) in [5.74, 6) is 0.640. The summed E-state index contributed by atoms with van der Waals surface area (Å²) in [6.07, 6.45) is 12.9. The van der Waals surface area contributed by atoms with Crippen LogP contribution in [0.1, 0.15) is 71.1 Å². The molecule has 0 bridgehead atoms. The molecule has 25 heavy (non-hydrogen) atoms. The molecule has 142 valence electrons. The SMILES string of the molecule is CCCCCCCCCCCCOc1ccc(S(=O)(=O)NC=O)cc1. The minimum atomic E-state index is -3.75. The van der Waals surface area contributed by atoms with Crippen LogP contribution in [0.25, 0.3) is 0 Å². The lowest BCUT2D eigenvalue weighted by Gasteiger charge is -2.07. The van der Waals surface area contributed by atoms with E-state index in [1.807, 2.05) is 0 Å². The molecular formula is C19H31NO4S. The normalized spacial score (nSPS) is 11.2. The molecule has 0 spiro atoms. The number of benzene rings is 1. The smallest absolute Gasteiger partial charge is 0.263 e. The molecule has 0 atom stereocenters. The molecule has 0 aliphatic carbocycles. The first-order valence-corrected chi connectivity index (χ1v) is 10.8. The van der Waals surface area contributed by atoms with Gasteiger partial charge in [0.25, 0.3) is 10.0 Å². The molecule has 1 N–H and O–H groups in total. The van der Waals surface area contributed by atoms with Gasteiger partial charge in [-0.05, 0) is 30.7 Å². The fourth-order valence-electron chi connectivity index (χ4n) is 2.63. The van der Waals surface area contributed by atoms with E-state index in [1.54, 1.807) is 16.9 Å². The van der Waals surface area contributed by atoms with Crippen LogP contribution in [0.2, 0.25) is 0 Å². The number of hydrogen-bond donors (Lipinski definition) is 1. The van der Waals surface area contributed by atoms with Crippen LogP contribution in [0.4, 0.5) is 0 Å². The number of hydrogen-bond acceptors (Lipinski definition) is 4. The van der Waals surface area contributed by atoms with Crippen LogP contribution in [-0.2, 0) is 14.8 Å². The molecule has 0 saturated heterocycles. The Hall–Kier alpha value is -1.56. The van der Waals surface area contributed by atoms with E-state index in [4.69, 9.17) is 4.74 Å². The largest absolute Gasteiger partial charge is 0.494 e. The highest BCUT2D eigenvalue weighted by Crippen LogP contribution is 2.16. The third-order valence-electron chi connectivity index (χ3n) is 4.10. The number of ether oxygens (including phenoxy) is 1. The molecule has 0 radical (unpaired) electrons. The summed E-state index contributed by atoms with van der Waals surface area (Å²) in [4.78, 5) is 10.3. The molecule has 0 aliphatic heterocycles. The number of carbonyl (C=O) groups excluding carboxylic acids is 1. The second kappa shape index (κ2) is 12.8. The Labute approximate surface area is 152 Å². The van der Waals surface area contributed by atoms with Crippen molar-refractivity contribution in [1.29, 1.82) is 0 Å². The number of amides is 1. The molecule has 1 amide bonds. The van der Waals surface area contributed by atoms with Crippen LogP contribution in [0.5, 0.6) is 5.75 Å². The van der Waals surface area contributed by atoms with Crippen LogP contribution in [0.15, 0.2) is 29.2 Å². The van der Waals surface area contributed by atoms with Crippen molar-refractivity contribution >= 4 is 16.4 Å². The predicted octanol–water partition coefficient (Wildman–Crippen LogP) is 4.42. The Bertz CT molecular complexity index is 570. The zero-order chi connectivity index (χ0) is 18.4. The highest BCUT2D eigenvalue weighted by Gasteiger charge is 2.12. The summed E-state index contributed by atoms with van der Waals surface area (Å²) in [5, 5.41) is 0. The molecule has 1 aromatic carbocycles. The van der Waals surface area contributed by atoms with Gasteiger partial charge in [0.05, 0.1) is 11.5 Å². The zero-order valence-electron chi connectivity index (χ0n) is 15.2. The van der Waals surface area contributed by atoms with Gasteiger partial charge in [-0.25, -0.2) is 8.42 Å². The van der Waals surface area contributed by atoms with Gasteiger partial charge in [-0.2, -0.15) is 0 Å². The van der Waals surface area contributed by atoms with Crippen molar-refractivity contribution in [3.63, 3.8) is 0 Å². The molecule has 6 heteroatoms. The summed E-state index contributed by atoms with van der Waals surface area (Å²) in [6, 6.07) is 6.07. The average molecular weight is 370 g/mol. The zero-order valence-corrected chi connectivity index (χ0v) is 16.0. The summed E-state index contributed by atoms with van der Waals surface area (Å²) < 4.78 is 30.7. The van der Waals surface area contributed by atoms with E-state index in [0.29, 0.717) is 12.4 Å². The van der Waals surface area contributed by atoms with E-state index >= 15 is 0 Å². The Kier molecular flexibility index (Phi) is 11.0. The van der Waals surface area contributed by atoms with Crippen LogP contribution < -0.4 is 9.46 Å². The summed E-state index contributed by atoms with van der Waals surface area (Å²) in [7, 11) is -3.75. The number of sulfonamides is 1. The van der Waals surface area contributed by atoms with E-state index in [2.05, 4.69) is 6.92 Å². The number of rotatable bonds is 15. The van der Waals surface area contributed by atoms with Crippen LogP contribution in [0, 0.1) is 0 Å². The van der Waals surface area contributed by atoms with E-state index in [1.165, 1.54) is 63.5 Å². The highest BCUT2D eigenvalue weighted by molar-refractivity contribution is 7.90. The van der Waals surface area contributed by atoms with E-state index in [0.717, 1.165) is 12.8 Å². The van der Waals surface area contributed by atoms with Gasteiger partial charge in [0.15, 0.2) is 0 Å². The van der Waals surface area contributed by atoms with Crippen LogP contribution >= 0.6 is 0 Å². The maximum Gasteiger partial charge on any atom is 0.263 e. The van der Waals surface area contributed by atoms with Gasteiger partial charge in [-0.3, -0.25) is 9.52 Å². The molecule has 0 saturated carbocycles. The maximum atomic E-state index is 11.6. The Morgan fingerprint density at radius 3 is 1.92 bits per heavy atom. The molecule has 0 fully saturated rings. The van der Waals surface area contributed by atoms with E-state index in [9.17, 15) is 13.2 Å². The third kappa shape index (κ3) is 9.48. The molecule has 1 aromatic rings. The topological polar surface area (TPSA) is 72.5 Å². The molecule has 0 heterocycles. The molecule has 5 nitrogen and oxygen atoms in total. The summed E-state index contributed by atoms with van der Waals surface area (Å²) in [5.41, 5.74) is 0. The first-order valence-electron chi connectivity index (χ1n) is 9.29. The molecule has 1 rings (SSSR count). The maximum absolute atomic E-state index is 11.6. The van der Waals surface area contributed by atoms with Crippen molar-refractivity contribution in [2.45, 2.75) is 76.0 Å². The van der Waals surface area contributed by atoms with Crippen LogP contribution in [-0.4, -0.2) is 21.4 Å². The monoisotopic (exact) mass is 369 g/mol. The Morgan fingerprint density at radius 1 is 0.880 bits per heavy atom. The summed E-state index contributed by atoms with van der Waals surface area (Å²) >= 11 is 0. The fourth-order valence-corrected chi connectivity index (χ4v) is 3.38. The second-order valence-electron chi connectivity index (χ2n) is 6.24. The lowest BCUT2D eigenvalue weighted by Crippen LogP contribution is -2.21. The number of unbranched alkanes of at least 4 members (excludes halogenated alkanes) is 9. The second-order valence-corrected chi connectivity index (χ2v) is 7.95. The van der Waals surface area contributed by atoms with Gasteiger partial charge < -0.3 is 4.74 Å². The van der Waals surface area contributed by atoms with Gasteiger partial charge in [0.1, 0.15) is 5.75 Å². The Balaban J connectivity index is 2.10. The van der Waals surface area contributed by atoms with Crippen molar-refractivity contribution in [1.82, 2.24) is 4.72 Å². The number of nitrogens with one attached hydrogen (secondary N) is 1. The standard InChI is InChI=1S/C19H31NO4S/c1-2-3-4-5-6-7-8-9-10-11-16-24-18-12-14-19(15-13-18)25(22,23)20-17-21/h12-15,17H,2-11,16H2,1H3,(H,20,21). The number of carbonyl (C=O) groups is 1. The average Bonchev–Trinajstić information content (AvgIpc) is 2.60. The third-order valence-corrected chi connectivity index (χ3v) is 5.40. The first-order chi connectivity index (χ1) is 12.1. The summed E-state index contributed by atoms with van der Waals surface area (Å²) in [6.45, 7) is 2.87. The lowest BCUT2D eigenvalue weighted by molar-refractivity contribution is -0.108. The van der Waals surface area contributed by atoms with Gasteiger partial charge in [-0.1, -0.05) is 64.7 Å². The van der Waals surface area contributed by atoms with Gasteiger partial charge in [0, 0.05) is 0 Å². The first kappa shape index (κ1) is 21.5. The van der Waals surface area contributed by atoms with Crippen molar-refractivity contribution in [2.24, 2.45) is 0 Å². The molecule has 0 aromatic heterocycles. The molecule has 0 unspecified atom stereocenters. The van der Waals surface area contributed by atoms with Crippen molar-refractivity contribution in [2.75, 3.05) is 6.61 Å². The van der Waals surface area contributed by atoms with E-state index < -0.39 is 10.0 Å². The highest BCUT2D eigenvalue weighted by atomic mass is 32.2. The molecule has 0 aliphatic rings. The predicted molar refractivity (Wildman–Crippen MR) is 100 cm³/mol. The van der Waals surface area contributed by atoms with Crippen molar-refractivity contribution in [3.05, 3.63) is 24.3 Å². The van der Waals surface area contributed by atoms with Crippen molar-refractivity contribution in [3.8, 4) is 5.75 Å². The minimum absolute atomic E-state index is 0.0471. The van der Waals surface area contributed by atoms with E-state index in [-0.39, 0.29) is 11.3 Å². The minimum Gasteiger partial charge on any atom is -0.494 e.